The van der Waals surface area contributed by atoms with E-state index in [1.54, 1.807) is 4.90 Å². The van der Waals surface area contributed by atoms with Crippen molar-refractivity contribution in [2.24, 2.45) is 17.6 Å². The number of piperidine rings is 1. The molecule has 0 aromatic carbocycles. The molecule has 0 radical (unpaired) electrons. The van der Waals surface area contributed by atoms with Gasteiger partial charge in [-0.25, -0.2) is 4.79 Å². The van der Waals surface area contributed by atoms with Crippen molar-refractivity contribution in [3.8, 4) is 0 Å². The van der Waals surface area contributed by atoms with Gasteiger partial charge in [-0.3, -0.25) is 14.5 Å². The van der Waals surface area contributed by atoms with E-state index >= 15 is 0 Å². The third-order valence-corrected chi connectivity index (χ3v) is 6.37. The number of carbonyl (C=O) groups is 3. The van der Waals surface area contributed by atoms with Crippen LogP contribution in [0.3, 0.4) is 0 Å². The molecule has 2 aliphatic heterocycles. The second-order valence-electron chi connectivity index (χ2n) is 8.05. The summed E-state index contributed by atoms with van der Waals surface area (Å²) < 4.78 is 0. The largest absolute Gasteiger partial charge is 0.337 e. The Labute approximate surface area is 149 Å². The highest BCUT2D eigenvalue weighted by atomic mass is 16.2. The maximum atomic E-state index is 13.0. The first kappa shape index (κ1) is 18.2. The third kappa shape index (κ3) is 3.14. The molecule has 2 saturated heterocycles. The predicted octanol–water partition coefficient (Wildman–Crippen LogP) is 1.07. The Hall–Kier alpha value is -1.63. The van der Waals surface area contributed by atoms with Crippen LogP contribution in [0.25, 0.3) is 0 Å². The lowest BCUT2D eigenvalue weighted by atomic mass is 9.73. The quantitative estimate of drug-likeness (QED) is 0.744. The van der Waals surface area contributed by atoms with Crippen molar-refractivity contribution in [1.29, 1.82) is 0 Å². The molecule has 25 heavy (non-hydrogen) atoms. The summed E-state index contributed by atoms with van der Waals surface area (Å²) >= 11 is 0. The summed E-state index contributed by atoms with van der Waals surface area (Å²) in [4.78, 5) is 41.0. The number of rotatable bonds is 3. The van der Waals surface area contributed by atoms with Crippen LogP contribution in [0.1, 0.15) is 52.4 Å². The molecule has 1 saturated carbocycles. The first-order valence-electron chi connectivity index (χ1n) is 9.52. The maximum Gasteiger partial charge on any atom is 0.325 e. The SMILES string of the molecule is CC1CCN(C(=O)CN2C(=O)NC3(CCCCC3C)C2=O)C(CN)C1. The van der Waals surface area contributed by atoms with Gasteiger partial charge in [0.05, 0.1) is 0 Å². The van der Waals surface area contributed by atoms with Crippen molar-refractivity contribution < 1.29 is 14.4 Å². The molecule has 0 aromatic rings. The van der Waals surface area contributed by atoms with Crippen molar-refractivity contribution in [3.63, 3.8) is 0 Å². The summed E-state index contributed by atoms with van der Waals surface area (Å²) in [5.41, 5.74) is 5.03. The molecule has 4 unspecified atom stereocenters. The van der Waals surface area contributed by atoms with Crippen molar-refractivity contribution in [3.05, 3.63) is 0 Å². The van der Waals surface area contributed by atoms with Gasteiger partial charge in [-0.2, -0.15) is 0 Å². The van der Waals surface area contributed by atoms with Crippen molar-refractivity contribution >= 4 is 17.8 Å². The number of hydrogen-bond donors (Lipinski definition) is 2. The van der Waals surface area contributed by atoms with E-state index in [0.29, 0.717) is 25.4 Å². The third-order valence-electron chi connectivity index (χ3n) is 6.37. The minimum Gasteiger partial charge on any atom is -0.337 e. The topological polar surface area (TPSA) is 95.7 Å². The molecular formula is C18H30N4O3. The fourth-order valence-corrected chi connectivity index (χ4v) is 4.67. The van der Waals surface area contributed by atoms with Gasteiger partial charge in [-0.05, 0) is 37.5 Å². The van der Waals surface area contributed by atoms with Gasteiger partial charge in [0.2, 0.25) is 5.91 Å². The number of nitrogens with one attached hydrogen (secondary N) is 1. The summed E-state index contributed by atoms with van der Waals surface area (Å²) in [6, 6.07) is -0.429. The highest BCUT2D eigenvalue weighted by molar-refractivity contribution is 6.09. The molecule has 3 fully saturated rings. The highest BCUT2D eigenvalue weighted by Gasteiger charge is 2.55. The monoisotopic (exact) mass is 350 g/mol. The molecule has 7 heteroatoms. The average molecular weight is 350 g/mol. The summed E-state index contributed by atoms with van der Waals surface area (Å²) in [5, 5.41) is 2.90. The van der Waals surface area contributed by atoms with Gasteiger partial charge in [-0.15, -0.1) is 0 Å². The van der Waals surface area contributed by atoms with Crippen LogP contribution in [0.15, 0.2) is 0 Å². The maximum absolute atomic E-state index is 13.0. The Morgan fingerprint density at radius 1 is 1.28 bits per heavy atom. The van der Waals surface area contributed by atoms with E-state index in [4.69, 9.17) is 5.73 Å². The van der Waals surface area contributed by atoms with Crippen molar-refractivity contribution in [1.82, 2.24) is 15.1 Å². The molecule has 0 bridgehead atoms. The molecule has 4 atom stereocenters. The molecule has 3 rings (SSSR count). The standard InChI is InChI=1S/C18H30N4O3/c1-12-6-8-21(14(9-12)10-19)15(23)11-22-16(24)18(20-17(22)25)7-4-3-5-13(18)2/h12-14H,3-11,19H2,1-2H3,(H,20,25). The van der Waals surface area contributed by atoms with Crippen LogP contribution in [-0.4, -0.2) is 58.9 Å². The Bertz CT molecular complexity index is 567. The minimum atomic E-state index is -0.806. The fraction of sp³-hybridized carbons (Fsp3) is 0.833. The second-order valence-corrected chi connectivity index (χ2v) is 8.05. The van der Waals surface area contributed by atoms with E-state index in [0.717, 1.165) is 37.0 Å². The molecule has 140 valence electrons. The smallest absolute Gasteiger partial charge is 0.325 e. The van der Waals surface area contributed by atoms with Gasteiger partial charge >= 0.3 is 6.03 Å². The number of likely N-dealkylation sites (tertiary alicyclic amines) is 1. The Morgan fingerprint density at radius 2 is 2.04 bits per heavy atom. The lowest BCUT2D eigenvalue weighted by Crippen LogP contribution is -2.55. The van der Waals surface area contributed by atoms with Crippen LogP contribution < -0.4 is 11.1 Å². The van der Waals surface area contributed by atoms with Crippen LogP contribution in [0.4, 0.5) is 4.79 Å². The number of urea groups is 1. The lowest BCUT2D eigenvalue weighted by Gasteiger charge is -2.39. The molecule has 0 aromatic heterocycles. The average Bonchev–Trinajstić information content (AvgIpc) is 2.82. The summed E-state index contributed by atoms with van der Waals surface area (Å²) in [6.07, 6.45) is 5.41. The molecular weight excluding hydrogens is 320 g/mol. The minimum absolute atomic E-state index is 0.000388. The van der Waals surface area contributed by atoms with Crippen LogP contribution in [0.2, 0.25) is 0 Å². The summed E-state index contributed by atoms with van der Waals surface area (Å²) in [5.74, 6) is 0.241. The van der Waals surface area contributed by atoms with E-state index in [1.807, 2.05) is 6.92 Å². The van der Waals surface area contributed by atoms with Crippen molar-refractivity contribution in [2.45, 2.75) is 64.0 Å². The van der Waals surface area contributed by atoms with E-state index < -0.39 is 11.6 Å². The fourth-order valence-electron chi connectivity index (χ4n) is 4.67. The number of nitrogens with zero attached hydrogens (tertiary/aromatic N) is 2. The van der Waals surface area contributed by atoms with Gasteiger partial charge in [0.25, 0.3) is 5.91 Å². The number of carbonyl (C=O) groups excluding carboxylic acids is 3. The number of imide groups is 1. The molecule has 3 aliphatic rings. The van der Waals surface area contributed by atoms with E-state index in [2.05, 4.69) is 12.2 Å². The van der Waals surface area contributed by atoms with Crippen molar-refractivity contribution in [2.75, 3.05) is 19.6 Å². The molecule has 2 heterocycles. The van der Waals surface area contributed by atoms with Gasteiger partial charge in [0, 0.05) is 19.1 Å². The van der Waals surface area contributed by atoms with Crippen LogP contribution in [0, 0.1) is 11.8 Å². The number of hydrogen-bond acceptors (Lipinski definition) is 4. The van der Waals surface area contributed by atoms with E-state index in [-0.39, 0.29) is 30.3 Å². The zero-order valence-electron chi connectivity index (χ0n) is 15.3. The van der Waals surface area contributed by atoms with Gasteiger partial charge in [-0.1, -0.05) is 26.7 Å². The Kier molecular flexibility index (Phi) is 5.04. The zero-order valence-corrected chi connectivity index (χ0v) is 15.3. The van der Waals surface area contributed by atoms with Crippen LogP contribution in [-0.2, 0) is 9.59 Å². The Balaban J connectivity index is 1.71. The summed E-state index contributed by atoms with van der Waals surface area (Å²) in [7, 11) is 0. The summed E-state index contributed by atoms with van der Waals surface area (Å²) in [6.45, 7) is 5.06. The number of amides is 4. The van der Waals surface area contributed by atoms with Crippen LogP contribution >= 0.6 is 0 Å². The normalized spacial score (nSPS) is 36.0. The van der Waals surface area contributed by atoms with Gasteiger partial charge < -0.3 is 16.0 Å². The van der Waals surface area contributed by atoms with E-state index in [9.17, 15) is 14.4 Å². The van der Waals surface area contributed by atoms with Gasteiger partial charge in [0.1, 0.15) is 12.1 Å². The van der Waals surface area contributed by atoms with Crippen LogP contribution in [0.5, 0.6) is 0 Å². The second kappa shape index (κ2) is 6.94. The Morgan fingerprint density at radius 3 is 2.72 bits per heavy atom. The first-order valence-corrected chi connectivity index (χ1v) is 9.52. The molecule has 3 N–H and O–H groups in total. The predicted molar refractivity (Wildman–Crippen MR) is 93.6 cm³/mol. The van der Waals surface area contributed by atoms with E-state index in [1.165, 1.54) is 0 Å². The first-order chi connectivity index (χ1) is 11.9. The number of nitrogens with two attached hydrogens (primary N) is 1. The molecule has 1 spiro atoms. The molecule has 1 aliphatic carbocycles. The molecule has 7 nitrogen and oxygen atoms in total. The highest BCUT2D eigenvalue weighted by Crippen LogP contribution is 2.38. The lowest BCUT2D eigenvalue weighted by molar-refractivity contribution is -0.142. The zero-order chi connectivity index (χ0) is 18.2. The molecule has 4 amide bonds. The van der Waals surface area contributed by atoms with Gasteiger partial charge in [0.15, 0.2) is 0 Å².